The SMILES string of the molecule is CC(C)OC(=O)[C@@H](C)NP(=S)(OCCSC(=O)C(C)(C)C)OC[C@@H]1C[C@](F)(Cl)[C@H](n2cc(F)c(=O)[nH]c2=O)O1. The molecular formula is C22H33ClF2N3O8PS2. The predicted molar refractivity (Wildman–Crippen MR) is 146 cm³/mol. The van der Waals surface area contributed by atoms with Crippen molar-refractivity contribution < 1.29 is 36.9 Å². The standard InChI is InChI=1S/C22H33ClF2N3O8PS2/c1-12(2)35-17(30)13(3)27-37(38,33-7-8-39-19(31)21(4,5)6)34-11-14-9-22(23,25)18(36-14)28-10-15(24)16(29)26-20(28)32/h10,12-14,18H,7-9,11H2,1-6H3,(H,27,38)(H,26,29,32)/t13-,14+,18-,22-,37?/m1/s1. The molecule has 39 heavy (non-hydrogen) atoms. The van der Waals surface area contributed by atoms with E-state index in [2.05, 4.69) is 5.09 Å². The first-order valence-electron chi connectivity index (χ1n) is 11.9. The molecule has 2 N–H and O–H groups in total. The van der Waals surface area contributed by atoms with Crippen molar-refractivity contribution in [1.29, 1.82) is 0 Å². The molecule has 0 aliphatic carbocycles. The van der Waals surface area contributed by atoms with Crippen molar-refractivity contribution in [2.75, 3.05) is 19.0 Å². The lowest BCUT2D eigenvalue weighted by molar-refractivity contribution is -0.149. The lowest BCUT2D eigenvalue weighted by atomic mass is 10.00. The Morgan fingerprint density at radius 2 is 2.00 bits per heavy atom. The fourth-order valence-corrected chi connectivity index (χ4v) is 6.78. The fraction of sp³-hybridized carbons (Fsp3) is 0.727. The number of esters is 1. The zero-order valence-electron chi connectivity index (χ0n) is 22.3. The topological polar surface area (TPSA) is 138 Å². The van der Waals surface area contributed by atoms with Crippen LogP contribution in [0, 0.1) is 11.2 Å². The third-order valence-corrected chi connectivity index (χ3v) is 9.29. The number of thioether (sulfide) groups is 1. The normalized spacial score (nSPS) is 23.9. The molecule has 1 unspecified atom stereocenters. The number of carbonyl (C=O) groups excluding carboxylic acids is 2. The second kappa shape index (κ2) is 13.6. The van der Waals surface area contributed by atoms with Crippen LogP contribution in [0.4, 0.5) is 8.78 Å². The molecule has 1 fully saturated rings. The first-order chi connectivity index (χ1) is 17.8. The monoisotopic (exact) mass is 635 g/mol. The van der Waals surface area contributed by atoms with E-state index in [4.69, 9.17) is 41.9 Å². The van der Waals surface area contributed by atoms with Gasteiger partial charge >= 0.3 is 11.7 Å². The number of halogens is 3. The van der Waals surface area contributed by atoms with Crippen LogP contribution in [-0.2, 0) is 39.9 Å². The third-order valence-electron chi connectivity index (χ3n) is 5.04. The first kappa shape index (κ1) is 34.0. The van der Waals surface area contributed by atoms with Gasteiger partial charge in [-0.1, -0.05) is 44.1 Å². The van der Waals surface area contributed by atoms with Crippen LogP contribution in [-0.4, -0.2) is 63.0 Å². The summed E-state index contributed by atoms with van der Waals surface area (Å²) >= 11 is 12.6. The van der Waals surface area contributed by atoms with Gasteiger partial charge in [0.15, 0.2) is 11.3 Å². The molecule has 5 atom stereocenters. The number of H-pyrrole nitrogens is 1. The Hall–Kier alpha value is -1.19. The zero-order valence-corrected chi connectivity index (χ0v) is 25.6. The molecule has 1 aliphatic rings. The van der Waals surface area contributed by atoms with Crippen LogP contribution < -0.4 is 16.3 Å². The second-order valence-electron chi connectivity index (χ2n) is 10.1. The van der Waals surface area contributed by atoms with E-state index < -0.39 is 65.0 Å². The molecule has 11 nitrogen and oxygen atoms in total. The summed E-state index contributed by atoms with van der Waals surface area (Å²) in [6, 6.07) is -0.935. The number of nitrogens with one attached hydrogen (secondary N) is 2. The number of nitrogens with zero attached hydrogens (tertiary/aromatic N) is 1. The Morgan fingerprint density at radius 1 is 1.36 bits per heavy atom. The van der Waals surface area contributed by atoms with E-state index in [9.17, 15) is 23.6 Å². The molecule has 0 spiro atoms. The number of carbonyl (C=O) groups is 2. The summed E-state index contributed by atoms with van der Waals surface area (Å²) in [5, 5.41) is 0.105. The van der Waals surface area contributed by atoms with Crippen molar-refractivity contribution in [3.05, 3.63) is 32.9 Å². The summed E-state index contributed by atoms with van der Waals surface area (Å²) in [7, 11) is 0. The molecule has 0 amide bonds. The van der Waals surface area contributed by atoms with Gasteiger partial charge in [0, 0.05) is 17.6 Å². The van der Waals surface area contributed by atoms with Gasteiger partial charge in [-0.15, -0.1) is 0 Å². The fourth-order valence-electron chi connectivity index (χ4n) is 3.16. The smallest absolute Gasteiger partial charge is 0.330 e. The van der Waals surface area contributed by atoms with E-state index in [1.165, 1.54) is 6.92 Å². The van der Waals surface area contributed by atoms with Gasteiger partial charge in [-0.2, -0.15) is 4.39 Å². The molecule has 2 rings (SSSR count). The highest BCUT2D eigenvalue weighted by molar-refractivity contribution is 8.13. The van der Waals surface area contributed by atoms with E-state index >= 15 is 4.39 Å². The summed E-state index contributed by atoms with van der Waals surface area (Å²) in [4.78, 5) is 49.7. The molecule has 0 aromatic carbocycles. The zero-order chi connectivity index (χ0) is 29.8. The number of hydrogen-bond acceptors (Lipinski definition) is 10. The van der Waals surface area contributed by atoms with Gasteiger partial charge in [0.25, 0.3) is 12.2 Å². The summed E-state index contributed by atoms with van der Waals surface area (Å²) in [6.45, 7) is 6.38. The molecular weight excluding hydrogens is 603 g/mol. The number of alkyl halides is 2. The van der Waals surface area contributed by atoms with Crippen LogP contribution in [0.5, 0.6) is 0 Å². The lowest BCUT2D eigenvalue weighted by Crippen LogP contribution is -2.38. The van der Waals surface area contributed by atoms with Gasteiger partial charge in [0.1, 0.15) is 6.04 Å². The summed E-state index contributed by atoms with van der Waals surface area (Å²) in [5.41, 5.74) is -2.95. The summed E-state index contributed by atoms with van der Waals surface area (Å²) in [6.07, 6.45) is -3.21. The highest BCUT2D eigenvalue weighted by atomic mass is 35.5. The van der Waals surface area contributed by atoms with E-state index in [1.807, 2.05) is 0 Å². The van der Waals surface area contributed by atoms with E-state index in [-0.39, 0.29) is 30.2 Å². The van der Waals surface area contributed by atoms with Crippen LogP contribution >= 0.6 is 30.0 Å². The second-order valence-corrected chi connectivity index (χ2v) is 15.0. The molecule has 2 heterocycles. The van der Waals surface area contributed by atoms with Gasteiger partial charge in [-0.05, 0) is 32.6 Å². The average molecular weight is 636 g/mol. The summed E-state index contributed by atoms with van der Waals surface area (Å²) in [5.74, 6) is -1.69. The van der Waals surface area contributed by atoms with Crippen LogP contribution in [0.1, 0.15) is 54.2 Å². The maximum Gasteiger partial charge on any atom is 0.330 e. The number of hydrogen-bond donors (Lipinski definition) is 2. The highest BCUT2D eigenvalue weighted by Crippen LogP contribution is 2.48. The Labute approximate surface area is 238 Å². The maximum atomic E-state index is 15.2. The first-order valence-corrected chi connectivity index (χ1v) is 15.9. The Morgan fingerprint density at radius 3 is 2.59 bits per heavy atom. The molecule has 0 saturated carbocycles. The number of rotatable bonds is 12. The van der Waals surface area contributed by atoms with Crippen molar-refractivity contribution in [3.63, 3.8) is 0 Å². The van der Waals surface area contributed by atoms with Gasteiger partial charge < -0.3 is 18.5 Å². The Kier molecular flexibility index (Phi) is 11.9. The van der Waals surface area contributed by atoms with Crippen molar-refractivity contribution in [2.45, 2.75) is 77.6 Å². The Bertz CT molecular complexity index is 1210. The maximum absolute atomic E-state index is 15.2. The van der Waals surface area contributed by atoms with Crippen LogP contribution in [0.3, 0.4) is 0 Å². The molecule has 1 aromatic heterocycles. The van der Waals surface area contributed by atoms with Crippen molar-refractivity contribution >= 4 is 52.9 Å². The minimum atomic E-state index is -3.45. The molecule has 0 radical (unpaired) electrons. The van der Waals surface area contributed by atoms with Crippen molar-refractivity contribution in [1.82, 2.24) is 14.6 Å². The van der Waals surface area contributed by atoms with Gasteiger partial charge in [0.2, 0.25) is 10.9 Å². The molecule has 1 saturated heterocycles. The number of aromatic amines is 1. The Balaban J connectivity index is 2.13. The van der Waals surface area contributed by atoms with Gasteiger partial charge in [0.05, 0.1) is 31.6 Å². The summed E-state index contributed by atoms with van der Waals surface area (Å²) < 4.78 is 51.7. The van der Waals surface area contributed by atoms with Crippen LogP contribution in [0.2, 0.25) is 0 Å². The molecule has 222 valence electrons. The molecule has 1 aliphatic heterocycles. The number of ether oxygens (including phenoxy) is 2. The highest BCUT2D eigenvalue weighted by Gasteiger charge is 2.50. The molecule has 17 heteroatoms. The average Bonchev–Trinajstić information content (AvgIpc) is 3.10. The quantitative estimate of drug-likeness (QED) is 0.151. The van der Waals surface area contributed by atoms with Crippen molar-refractivity contribution in [3.8, 4) is 0 Å². The predicted octanol–water partition coefficient (Wildman–Crippen LogP) is 3.36. The van der Waals surface area contributed by atoms with E-state index in [0.29, 0.717) is 10.8 Å². The van der Waals surface area contributed by atoms with Crippen molar-refractivity contribution in [2.24, 2.45) is 5.41 Å². The molecule has 1 aromatic rings. The number of aromatic nitrogens is 2. The van der Waals surface area contributed by atoms with E-state index in [1.54, 1.807) is 39.6 Å². The van der Waals surface area contributed by atoms with Gasteiger partial charge in [-0.3, -0.25) is 23.9 Å². The van der Waals surface area contributed by atoms with Crippen LogP contribution in [0.15, 0.2) is 15.8 Å². The molecule has 0 bridgehead atoms. The van der Waals surface area contributed by atoms with Crippen LogP contribution in [0.25, 0.3) is 0 Å². The van der Waals surface area contributed by atoms with E-state index in [0.717, 1.165) is 11.8 Å². The van der Waals surface area contributed by atoms with Gasteiger partial charge in [-0.25, -0.2) is 14.3 Å². The largest absolute Gasteiger partial charge is 0.462 e. The third kappa shape index (κ3) is 9.99. The lowest BCUT2D eigenvalue weighted by Gasteiger charge is -2.27. The minimum Gasteiger partial charge on any atom is -0.462 e. The minimum absolute atomic E-state index is 0.00847.